The van der Waals surface area contributed by atoms with Crippen molar-refractivity contribution in [2.45, 2.75) is 52.1 Å². The maximum absolute atomic E-state index is 13.6. The number of morpholine rings is 1. The van der Waals surface area contributed by atoms with Crippen molar-refractivity contribution < 1.29 is 9.53 Å². The summed E-state index contributed by atoms with van der Waals surface area (Å²) in [5, 5.41) is 3.14. The normalized spacial score (nSPS) is 30.6. The van der Waals surface area contributed by atoms with E-state index in [4.69, 9.17) is 4.74 Å². The number of aryl methyl sites for hydroxylation is 1. The van der Waals surface area contributed by atoms with E-state index in [1.165, 1.54) is 6.07 Å². The Bertz CT molecular complexity index is 806. The number of carbonyl (C=O) groups is 1. The first-order valence-electron chi connectivity index (χ1n) is 11.4. The van der Waals surface area contributed by atoms with Gasteiger partial charge in [-0.3, -0.25) is 14.5 Å². The van der Waals surface area contributed by atoms with Crippen molar-refractivity contribution in [1.29, 1.82) is 0 Å². The number of amides is 1. The number of likely N-dealkylation sites (tertiary alicyclic amines) is 1. The Balaban J connectivity index is 1.48. The van der Waals surface area contributed by atoms with Crippen molar-refractivity contribution in [2.75, 3.05) is 45.9 Å². The molecule has 3 atom stereocenters. The van der Waals surface area contributed by atoms with Gasteiger partial charge in [0.25, 0.3) is 5.56 Å². The van der Waals surface area contributed by atoms with Crippen LogP contribution in [0.25, 0.3) is 0 Å². The van der Waals surface area contributed by atoms with E-state index in [1.54, 1.807) is 6.92 Å². The Morgan fingerprint density at radius 3 is 2.87 bits per heavy atom. The van der Waals surface area contributed by atoms with Gasteiger partial charge in [0.15, 0.2) is 0 Å². The summed E-state index contributed by atoms with van der Waals surface area (Å²) in [6.07, 6.45) is 4.14. The van der Waals surface area contributed by atoms with Crippen molar-refractivity contribution in [1.82, 2.24) is 25.1 Å². The molecule has 1 aliphatic carbocycles. The lowest BCUT2D eigenvalue weighted by Crippen LogP contribution is -2.60. The van der Waals surface area contributed by atoms with Crippen LogP contribution in [-0.4, -0.2) is 77.7 Å². The van der Waals surface area contributed by atoms with Gasteiger partial charge in [-0.2, -0.15) is 0 Å². The zero-order valence-electron chi connectivity index (χ0n) is 18.3. The number of H-pyrrole nitrogens is 1. The zero-order chi connectivity index (χ0) is 21.1. The van der Waals surface area contributed by atoms with E-state index in [9.17, 15) is 9.59 Å². The minimum absolute atomic E-state index is 0.130. The summed E-state index contributed by atoms with van der Waals surface area (Å²) in [5.41, 5.74) is 0.0964. The molecule has 8 nitrogen and oxygen atoms in total. The minimum atomic E-state index is -0.340. The predicted molar refractivity (Wildman–Crippen MR) is 114 cm³/mol. The highest BCUT2D eigenvalue weighted by Gasteiger charge is 2.52. The summed E-state index contributed by atoms with van der Waals surface area (Å²) in [4.78, 5) is 37.3. The number of ether oxygens (including phenoxy) is 1. The number of fused-ring (bicyclic) bond motifs is 1. The van der Waals surface area contributed by atoms with Gasteiger partial charge >= 0.3 is 0 Å². The van der Waals surface area contributed by atoms with Gasteiger partial charge in [-0.1, -0.05) is 6.92 Å². The molecular formula is C22H35N5O3. The lowest BCUT2D eigenvalue weighted by molar-refractivity contribution is -0.145. The van der Waals surface area contributed by atoms with Gasteiger partial charge in [0, 0.05) is 31.7 Å². The molecule has 2 N–H and O–H groups in total. The highest BCUT2D eigenvalue weighted by atomic mass is 16.5. The monoisotopic (exact) mass is 417 g/mol. The molecule has 1 amide bonds. The Kier molecular flexibility index (Phi) is 6.55. The van der Waals surface area contributed by atoms with Crippen LogP contribution < -0.4 is 10.9 Å². The summed E-state index contributed by atoms with van der Waals surface area (Å²) in [5.74, 6) is 1.10. The van der Waals surface area contributed by atoms with Crippen LogP contribution in [0.2, 0.25) is 0 Å². The average Bonchev–Trinajstić information content (AvgIpc) is 2.76. The van der Waals surface area contributed by atoms with Crippen molar-refractivity contribution in [3.05, 3.63) is 27.9 Å². The number of rotatable bonds is 5. The molecule has 1 aromatic heterocycles. The van der Waals surface area contributed by atoms with Gasteiger partial charge < -0.3 is 19.9 Å². The van der Waals surface area contributed by atoms with Gasteiger partial charge in [-0.25, -0.2) is 4.98 Å². The van der Waals surface area contributed by atoms with Gasteiger partial charge in [-0.15, -0.1) is 0 Å². The van der Waals surface area contributed by atoms with E-state index in [0.717, 1.165) is 71.6 Å². The second-order valence-electron chi connectivity index (χ2n) is 9.09. The number of hydrogen-bond acceptors (Lipinski definition) is 6. The smallest absolute Gasteiger partial charge is 0.251 e. The summed E-state index contributed by atoms with van der Waals surface area (Å²) >= 11 is 0. The lowest BCUT2D eigenvalue weighted by Gasteiger charge is -2.53. The van der Waals surface area contributed by atoms with E-state index in [1.807, 2.05) is 0 Å². The van der Waals surface area contributed by atoms with Crippen LogP contribution in [0.15, 0.2) is 10.9 Å². The third-order valence-corrected chi connectivity index (χ3v) is 7.37. The molecule has 3 fully saturated rings. The van der Waals surface area contributed by atoms with Gasteiger partial charge in [0.2, 0.25) is 5.91 Å². The summed E-state index contributed by atoms with van der Waals surface area (Å²) < 4.78 is 5.53. The van der Waals surface area contributed by atoms with Crippen LogP contribution in [0.1, 0.15) is 44.1 Å². The molecule has 3 aliphatic rings. The first kappa shape index (κ1) is 21.5. The fourth-order valence-corrected chi connectivity index (χ4v) is 5.71. The number of nitrogens with one attached hydrogen (secondary N) is 2. The first-order valence-corrected chi connectivity index (χ1v) is 11.4. The number of aromatic nitrogens is 2. The maximum Gasteiger partial charge on any atom is 0.251 e. The largest absolute Gasteiger partial charge is 0.379 e. The Labute approximate surface area is 178 Å². The first-order chi connectivity index (χ1) is 14.5. The van der Waals surface area contributed by atoms with Crippen LogP contribution in [-0.2, 0) is 16.1 Å². The van der Waals surface area contributed by atoms with E-state index < -0.39 is 0 Å². The average molecular weight is 418 g/mol. The summed E-state index contributed by atoms with van der Waals surface area (Å²) in [6, 6.07) is 2.03. The van der Waals surface area contributed by atoms with Gasteiger partial charge in [0.05, 0.1) is 30.9 Å². The maximum atomic E-state index is 13.6. The number of hydrogen-bond donors (Lipinski definition) is 2. The molecule has 166 valence electrons. The lowest BCUT2D eigenvalue weighted by atomic mass is 9.61. The highest BCUT2D eigenvalue weighted by molar-refractivity contribution is 5.83. The molecule has 3 heterocycles. The standard InChI is InChI=1S/C22H35N5O3/c1-3-26-7-5-17-12-19(27-8-10-30-11-9-27)4-6-22(17,15-26)21(29)23-14-18-13-20(28)25-16(2)24-18/h13,17,19H,3-12,14-15H2,1-2H3,(H,23,29)(H,24,25,28)/t17-,19+,22-/m1/s1. The molecule has 2 aliphatic heterocycles. The van der Waals surface area contributed by atoms with Crippen LogP contribution in [0.5, 0.6) is 0 Å². The van der Waals surface area contributed by atoms with Crippen molar-refractivity contribution in [3.63, 3.8) is 0 Å². The molecule has 0 aromatic carbocycles. The molecule has 8 heteroatoms. The molecule has 2 saturated heterocycles. The Morgan fingerprint density at radius 1 is 1.33 bits per heavy atom. The Hall–Kier alpha value is -1.77. The highest BCUT2D eigenvalue weighted by Crippen LogP contribution is 2.47. The molecule has 1 saturated carbocycles. The third kappa shape index (κ3) is 4.45. The van der Waals surface area contributed by atoms with Crippen molar-refractivity contribution >= 4 is 5.91 Å². The summed E-state index contributed by atoms with van der Waals surface area (Å²) in [6.45, 7) is 10.8. The number of aromatic amines is 1. The summed E-state index contributed by atoms with van der Waals surface area (Å²) in [7, 11) is 0. The minimum Gasteiger partial charge on any atom is -0.379 e. The topological polar surface area (TPSA) is 90.6 Å². The molecule has 1 aromatic rings. The molecular weight excluding hydrogens is 382 g/mol. The Morgan fingerprint density at radius 2 is 2.13 bits per heavy atom. The molecule has 0 radical (unpaired) electrons. The van der Waals surface area contributed by atoms with Crippen LogP contribution in [0.4, 0.5) is 0 Å². The molecule has 30 heavy (non-hydrogen) atoms. The zero-order valence-corrected chi connectivity index (χ0v) is 18.3. The molecule has 0 unspecified atom stereocenters. The number of nitrogens with zero attached hydrogens (tertiary/aromatic N) is 3. The van der Waals surface area contributed by atoms with Crippen molar-refractivity contribution in [3.8, 4) is 0 Å². The van der Waals surface area contributed by atoms with Gasteiger partial charge in [-0.05, 0) is 51.6 Å². The molecule has 0 spiro atoms. The van der Waals surface area contributed by atoms with E-state index in [0.29, 0.717) is 30.0 Å². The number of carbonyl (C=O) groups excluding carboxylic acids is 1. The molecule has 4 rings (SSSR count). The van der Waals surface area contributed by atoms with Crippen molar-refractivity contribution in [2.24, 2.45) is 11.3 Å². The SMILES string of the molecule is CCN1CC[C@@H]2C[C@@H](N3CCOCC3)CC[C@@]2(C(=O)NCc2cc(=O)[nH]c(C)n2)C1. The third-order valence-electron chi connectivity index (χ3n) is 7.37. The fourth-order valence-electron chi connectivity index (χ4n) is 5.71. The van der Waals surface area contributed by atoms with Crippen LogP contribution >= 0.6 is 0 Å². The van der Waals surface area contributed by atoms with Gasteiger partial charge in [0.1, 0.15) is 5.82 Å². The number of piperidine rings is 1. The second kappa shape index (κ2) is 9.16. The van der Waals surface area contributed by atoms with E-state index in [2.05, 4.69) is 32.0 Å². The molecule has 0 bridgehead atoms. The predicted octanol–water partition coefficient (Wildman–Crippen LogP) is 0.907. The van der Waals surface area contributed by atoms with E-state index in [-0.39, 0.29) is 16.9 Å². The van der Waals surface area contributed by atoms with Crippen LogP contribution in [0, 0.1) is 18.3 Å². The fraction of sp³-hybridized carbons (Fsp3) is 0.773. The van der Waals surface area contributed by atoms with Crippen LogP contribution in [0.3, 0.4) is 0 Å². The van der Waals surface area contributed by atoms with E-state index >= 15 is 0 Å². The second-order valence-corrected chi connectivity index (χ2v) is 9.09. The quantitative estimate of drug-likeness (QED) is 0.740.